The predicted molar refractivity (Wildman–Crippen MR) is 106 cm³/mol. The molecule has 0 saturated carbocycles. The molecule has 3 aromatic rings. The van der Waals surface area contributed by atoms with E-state index in [-0.39, 0.29) is 5.91 Å². The molecule has 0 radical (unpaired) electrons. The maximum atomic E-state index is 12.3. The van der Waals surface area contributed by atoms with E-state index in [0.29, 0.717) is 17.8 Å². The molecule has 1 heterocycles. The molecule has 0 bridgehead atoms. The Morgan fingerprint density at radius 3 is 2.52 bits per heavy atom. The molecule has 0 unspecified atom stereocenters. The Labute approximate surface area is 158 Å². The average molecular weight is 356 g/mol. The van der Waals surface area contributed by atoms with E-state index < -0.39 is 0 Å². The molecular formula is C22H20N4O. The molecule has 0 aliphatic rings. The topological polar surface area (TPSA) is 77.8 Å². The summed E-state index contributed by atoms with van der Waals surface area (Å²) in [6, 6.07) is 22.9. The monoisotopic (exact) mass is 356 g/mol. The number of amides is 1. The Bertz CT molecular complexity index is 931. The van der Waals surface area contributed by atoms with Gasteiger partial charge in [-0.1, -0.05) is 30.3 Å². The molecule has 0 aliphatic heterocycles. The fraction of sp³-hybridized carbons (Fsp3) is 0.136. The van der Waals surface area contributed by atoms with Crippen LogP contribution in [0.4, 0.5) is 11.4 Å². The van der Waals surface area contributed by atoms with E-state index in [4.69, 9.17) is 5.26 Å². The van der Waals surface area contributed by atoms with Crippen molar-refractivity contribution in [2.24, 2.45) is 0 Å². The number of benzene rings is 2. The summed E-state index contributed by atoms with van der Waals surface area (Å²) in [6.07, 6.45) is 3.40. The highest BCUT2D eigenvalue weighted by molar-refractivity contribution is 5.93. The van der Waals surface area contributed by atoms with Crippen LogP contribution in [0, 0.1) is 11.3 Å². The molecule has 3 rings (SSSR count). The van der Waals surface area contributed by atoms with E-state index in [2.05, 4.69) is 33.8 Å². The zero-order chi connectivity index (χ0) is 18.9. The summed E-state index contributed by atoms with van der Waals surface area (Å²) in [5, 5.41) is 15.0. The van der Waals surface area contributed by atoms with Gasteiger partial charge in [0.05, 0.1) is 11.6 Å². The molecule has 0 atom stereocenters. The lowest BCUT2D eigenvalue weighted by atomic mass is 10.1. The second kappa shape index (κ2) is 9.16. The zero-order valence-corrected chi connectivity index (χ0v) is 14.9. The molecule has 0 spiro atoms. The fourth-order valence-corrected chi connectivity index (χ4v) is 2.66. The van der Waals surface area contributed by atoms with Crippen molar-refractivity contribution >= 4 is 17.3 Å². The van der Waals surface area contributed by atoms with E-state index in [1.54, 1.807) is 30.5 Å². The van der Waals surface area contributed by atoms with Gasteiger partial charge in [0.2, 0.25) is 0 Å². The number of carbonyl (C=O) groups excluding carboxylic acids is 1. The average Bonchev–Trinajstić information content (AvgIpc) is 2.72. The van der Waals surface area contributed by atoms with Crippen LogP contribution in [-0.4, -0.2) is 17.4 Å². The number of nitrogens with one attached hydrogen (secondary N) is 2. The van der Waals surface area contributed by atoms with E-state index in [1.165, 1.54) is 5.56 Å². The molecule has 0 aliphatic carbocycles. The maximum absolute atomic E-state index is 12.3. The van der Waals surface area contributed by atoms with Crippen LogP contribution in [0.15, 0.2) is 72.9 Å². The second-order valence-electron chi connectivity index (χ2n) is 6.09. The molecule has 134 valence electrons. The molecule has 1 amide bonds. The minimum atomic E-state index is -0.188. The Kier molecular flexibility index (Phi) is 6.16. The van der Waals surface area contributed by atoms with Crippen LogP contribution in [0.25, 0.3) is 0 Å². The summed E-state index contributed by atoms with van der Waals surface area (Å²) in [4.78, 5) is 16.5. The molecule has 2 aromatic carbocycles. The largest absolute Gasteiger partial charge is 0.355 e. The maximum Gasteiger partial charge on any atom is 0.269 e. The van der Waals surface area contributed by atoms with Gasteiger partial charge in [-0.2, -0.15) is 5.26 Å². The minimum absolute atomic E-state index is 0.188. The normalized spacial score (nSPS) is 10.0. The Balaban J connectivity index is 1.52. The number of hydrogen-bond donors (Lipinski definition) is 2. The lowest BCUT2D eigenvalue weighted by molar-refractivity contribution is 0.0948. The van der Waals surface area contributed by atoms with Gasteiger partial charge in [-0.05, 0) is 54.8 Å². The van der Waals surface area contributed by atoms with Crippen molar-refractivity contribution in [1.82, 2.24) is 10.3 Å². The minimum Gasteiger partial charge on any atom is -0.355 e. The first kappa shape index (κ1) is 18.2. The smallest absolute Gasteiger partial charge is 0.269 e. The fourth-order valence-electron chi connectivity index (χ4n) is 2.66. The van der Waals surface area contributed by atoms with Gasteiger partial charge in [-0.3, -0.25) is 9.78 Å². The Morgan fingerprint density at radius 1 is 1.00 bits per heavy atom. The Hall–Kier alpha value is -3.65. The molecular weight excluding hydrogens is 336 g/mol. The number of nitriles is 1. The number of anilines is 2. The standard InChI is InChI=1S/C22H20N4O/c23-16-18-8-10-19(11-9-18)26-20-12-14-24-21(15-20)22(27)25-13-4-7-17-5-2-1-3-6-17/h1-3,5-6,8-12,14-15H,4,7,13H2,(H,24,26)(H,25,27). The van der Waals surface area contributed by atoms with Crippen LogP contribution >= 0.6 is 0 Å². The molecule has 5 heteroatoms. The first-order valence-electron chi connectivity index (χ1n) is 8.80. The molecule has 0 fully saturated rings. The Morgan fingerprint density at radius 2 is 1.78 bits per heavy atom. The summed E-state index contributed by atoms with van der Waals surface area (Å²) in [5.41, 5.74) is 3.84. The van der Waals surface area contributed by atoms with E-state index in [1.807, 2.05) is 30.3 Å². The van der Waals surface area contributed by atoms with Crippen molar-refractivity contribution in [2.75, 3.05) is 11.9 Å². The SMILES string of the molecule is N#Cc1ccc(Nc2ccnc(C(=O)NCCCc3ccccc3)c2)cc1. The lowest BCUT2D eigenvalue weighted by Gasteiger charge is -2.09. The summed E-state index contributed by atoms with van der Waals surface area (Å²) in [6.45, 7) is 0.600. The van der Waals surface area contributed by atoms with Gasteiger partial charge in [0.25, 0.3) is 5.91 Å². The molecule has 0 saturated heterocycles. The predicted octanol–water partition coefficient (Wildman–Crippen LogP) is 4.06. The number of aromatic nitrogens is 1. The molecule has 5 nitrogen and oxygen atoms in total. The van der Waals surface area contributed by atoms with Crippen LogP contribution in [0.2, 0.25) is 0 Å². The third-order valence-electron chi connectivity index (χ3n) is 4.07. The van der Waals surface area contributed by atoms with Crippen LogP contribution < -0.4 is 10.6 Å². The summed E-state index contributed by atoms with van der Waals surface area (Å²) < 4.78 is 0. The summed E-state index contributed by atoms with van der Waals surface area (Å²) in [7, 11) is 0. The van der Waals surface area contributed by atoms with Gasteiger partial charge in [-0.15, -0.1) is 0 Å². The van der Waals surface area contributed by atoms with Crippen molar-refractivity contribution in [2.45, 2.75) is 12.8 Å². The van der Waals surface area contributed by atoms with Crippen LogP contribution in [0.1, 0.15) is 28.0 Å². The number of aryl methyl sites for hydroxylation is 1. The van der Waals surface area contributed by atoms with E-state index in [0.717, 1.165) is 24.2 Å². The first-order valence-corrected chi connectivity index (χ1v) is 8.80. The zero-order valence-electron chi connectivity index (χ0n) is 14.9. The van der Waals surface area contributed by atoms with E-state index >= 15 is 0 Å². The quantitative estimate of drug-likeness (QED) is 0.626. The first-order chi connectivity index (χ1) is 13.2. The van der Waals surface area contributed by atoms with Gasteiger partial charge in [0, 0.05) is 24.1 Å². The van der Waals surface area contributed by atoms with E-state index in [9.17, 15) is 4.79 Å². The van der Waals surface area contributed by atoms with Crippen molar-refractivity contribution < 1.29 is 4.79 Å². The summed E-state index contributed by atoms with van der Waals surface area (Å²) in [5.74, 6) is -0.188. The van der Waals surface area contributed by atoms with Gasteiger partial charge < -0.3 is 10.6 Å². The van der Waals surface area contributed by atoms with Gasteiger partial charge in [-0.25, -0.2) is 0 Å². The molecule has 2 N–H and O–H groups in total. The van der Waals surface area contributed by atoms with Gasteiger partial charge in [0.15, 0.2) is 0 Å². The van der Waals surface area contributed by atoms with Crippen molar-refractivity contribution in [3.05, 3.63) is 89.7 Å². The van der Waals surface area contributed by atoms with Gasteiger partial charge >= 0.3 is 0 Å². The highest BCUT2D eigenvalue weighted by atomic mass is 16.1. The number of nitrogens with zero attached hydrogens (tertiary/aromatic N) is 2. The van der Waals surface area contributed by atoms with Gasteiger partial charge in [0.1, 0.15) is 5.69 Å². The number of pyridine rings is 1. The number of hydrogen-bond acceptors (Lipinski definition) is 4. The number of rotatable bonds is 7. The highest BCUT2D eigenvalue weighted by Gasteiger charge is 2.07. The van der Waals surface area contributed by atoms with Crippen molar-refractivity contribution in [3.8, 4) is 6.07 Å². The molecule has 1 aromatic heterocycles. The van der Waals surface area contributed by atoms with Crippen LogP contribution in [0.3, 0.4) is 0 Å². The third kappa shape index (κ3) is 5.41. The lowest BCUT2D eigenvalue weighted by Crippen LogP contribution is -2.25. The molecule has 27 heavy (non-hydrogen) atoms. The van der Waals surface area contributed by atoms with Crippen molar-refractivity contribution in [3.63, 3.8) is 0 Å². The summed E-state index contributed by atoms with van der Waals surface area (Å²) >= 11 is 0. The highest BCUT2D eigenvalue weighted by Crippen LogP contribution is 2.17. The third-order valence-corrected chi connectivity index (χ3v) is 4.07. The second-order valence-corrected chi connectivity index (χ2v) is 6.09. The van der Waals surface area contributed by atoms with Crippen LogP contribution in [0.5, 0.6) is 0 Å². The number of carbonyl (C=O) groups is 1. The van der Waals surface area contributed by atoms with Crippen molar-refractivity contribution in [1.29, 1.82) is 5.26 Å². The van der Waals surface area contributed by atoms with Crippen LogP contribution in [-0.2, 0) is 6.42 Å².